The summed E-state index contributed by atoms with van der Waals surface area (Å²) in [6.45, 7) is 19.1. The van der Waals surface area contributed by atoms with Gasteiger partial charge in [-0.25, -0.2) is 0 Å². The highest BCUT2D eigenvalue weighted by molar-refractivity contribution is 6.04. The third kappa shape index (κ3) is 5.66. The first-order valence-corrected chi connectivity index (χ1v) is 27.6. The first kappa shape index (κ1) is 44.3. The van der Waals surface area contributed by atoms with Crippen molar-refractivity contribution in [1.82, 2.24) is 0 Å². The van der Waals surface area contributed by atoms with Crippen LogP contribution in [0.1, 0.15) is 137 Å². The third-order valence-corrected chi connectivity index (χ3v) is 19.5. The van der Waals surface area contributed by atoms with Crippen molar-refractivity contribution in [3.8, 4) is 55.6 Å². The molecule has 6 aliphatic carbocycles. The van der Waals surface area contributed by atoms with Crippen LogP contribution in [0.15, 0.2) is 188 Å². The van der Waals surface area contributed by atoms with Gasteiger partial charge in [0.1, 0.15) is 0 Å². The Balaban J connectivity index is 1.04. The number of hydrogen-bond acceptors (Lipinski definition) is 1. The van der Waals surface area contributed by atoms with E-state index in [0.29, 0.717) is 5.92 Å². The summed E-state index contributed by atoms with van der Waals surface area (Å²) in [5.41, 5.74) is 30.6. The fraction of sp³-hybridized carbons (Fsp3) is 0.260. The van der Waals surface area contributed by atoms with Crippen LogP contribution in [0.5, 0.6) is 0 Å². The Morgan fingerprint density at radius 1 is 0.405 bits per heavy atom. The van der Waals surface area contributed by atoms with E-state index in [1.54, 1.807) is 5.56 Å². The lowest BCUT2D eigenvalue weighted by atomic mass is 9.67. The summed E-state index contributed by atoms with van der Waals surface area (Å²) in [6, 6.07) is 74.2. The number of rotatable bonds is 4. The van der Waals surface area contributed by atoms with Gasteiger partial charge in [0.15, 0.2) is 0 Å². The normalized spacial score (nSPS) is 20.2. The van der Waals surface area contributed by atoms with Crippen LogP contribution >= 0.6 is 0 Å². The SMILES string of the molecule is CC(C)(C)c1ccc2c(c1)C1(c3cc(C(C)(C)C)ccc3-2)c2ccccc2-c2c(N(c3ccc4c(c3)C3(CC5CCC3C5)c3ccccc3-4)c3ccccc3-c3cccc4c3C(C)(C)c3ccccc3-4)cccc21. The lowest BCUT2D eigenvalue weighted by Crippen LogP contribution is -2.32. The fourth-order valence-corrected chi connectivity index (χ4v) is 16.2. The van der Waals surface area contributed by atoms with Crippen LogP contribution in [0, 0.1) is 11.8 Å². The largest absolute Gasteiger partial charge is 0.309 e. The number of anilines is 3. The minimum Gasteiger partial charge on any atom is -0.309 e. The van der Waals surface area contributed by atoms with Gasteiger partial charge in [-0.3, -0.25) is 0 Å². The predicted molar refractivity (Wildman–Crippen MR) is 309 cm³/mol. The molecule has 9 aromatic rings. The van der Waals surface area contributed by atoms with E-state index in [1.807, 2.05) is 0 Å². The average Bonchev–Trinajstić information content (AvgIpc) is 4.30. The molecule has 9 aromatic carbocycles. The zero-order valence-electron chi connectivity index (χ0n) is 44.3. The predicted octanol–water partition coefficient (Wildman–Crippen LogP) is 19.2. The van der Waals surface area contributed by atoms with E-state index < -0.39 is 5.41 Å². The highest BCUT2D eigenvalue weighted by Crippen LogP contribution is 2.68. The molecule has 0 saturated heterocycles. The second-order valence-electron chi connectivity index (χ2n) is 25.6. The van der Waals surface area contributed by atoms with Crippen LogP contribution in [-0.2, 0) is 27.1 Å². The van der Waals surface area contributed by atoms with Gasteiger partial charge in [0.05, 0.1) is 16.8 Å². The molecule has 3 unspecified atom stereocenters. The standard InChI is InChI=1S/C73H65N/c1-69(2,3)45-33-36-52-53-37-34-46(70(4,5)6)41-64(53)73(63(52)40-45)60-27-15-11-22-57(60)67-61(73)28-18-30-66(67)74(48-35-38-51-49-19-10-14-26-59(49)72(62(51)42-48)43-44-31-32-47(72)39-44)65-29-16-12-21-54(65)56-24-17-23-55-50-20-9-13-25-58(50)71(7,8)68(55)56/h9-30,33-38,40-42,44,47H,31-32,39,43H2,1-8H3. The highest BCUT2D eigenvalue weighted by Gasteiger charge is 2.57. The zero-order chi connectivity index (χ0) is 50.3. The second-order valence-corrected chi connectivity index (χ2v) is 25.6. The van der Waals surface area contributed by atoms with Gasteiger partial charge >= 0.3 is 0 Å². The molecule has 2 spiro atoms. The Morgan fingerprint density at radius 3 is 1.55 bits per heavy atom. The van der Waals surface area contributed by atoms with E-state index in [0.717, 1.165) is 5.92 Å². The van der Waals surface area contributed by atoms with Crippen LogP contribution in [0.4, 0.5) is 17.1 Å². The Hall–Kier alpha value is -7.22. The van der Waals surface area contributed by atoms with Crippen LogP contribution in [0.25, 0.3) is 55.6 Å². The van der Waals surface area contributed by atoms with Crippen LogP contribution < -0.4 is 4.90 Å². The van der Waals surface area contributed by atoms with Crippen molar-refractivity contribution in [3.05, 3.63) is 244 Å². The molecule has 0 radical (unpaired) electrons. The summed E-state index contributed by atoms with van der Waals surface area (Å²) in [5, 5.41) is 0. The number of para-hydroxylation sites is 1. The summed E-state index contributed by atoms with van der Waals surface area (Å²) in [5.74, 6) is 1.44. The molecular formula is C73H65N. The van der Waals surface area contributed by atoms with Gasteiger partial charge in [0.25, 0.3) is 0 Å². The van der Waals surface area contributed by atoms with Crippen molar-refractivity contribution < 1.29 is 0 Å². The maximum Gasteiger partial charge on any atom is 0.0726 e. The van der Waals surface area contributed by atoms with Gasteiger partial charge in [0.2, 0.25) is 0 Å². The van der Waals surface area contributed by atoms with Crippen LogP contribution in [-0.4, -0.2) is 0 Å². The van der Waals surface area contributed by atoms with Gasteiger partial charge in [0, 0.05) is 27.6 Å². The molecule has 74 heavy (non-hydrogen) atoms. The minimum absolute atomic E-state index is 0.0260. The minimum atomic E-state index is -0.525. The van der Waals surface area contributed by atoms with Gasteiger partial charge in [-0.1, -0.05) is 226 Å². The molecule has 0 N–H and O–H groups in total. The maximum atomic E-state index is 2.70. The summed E-state index contributed by atoms with van der Waals surface area (Å²) in [6.07, 6.45) is 5.26. The molecule has 0 heterocycles. The van der Waals surface area contributed by atoms with Gasteiger partial charge < -0.3 is 4.90 Å². The molecule has 6 aliphatic rings. The van der Waals surface area contributed by atoms with Crippen molar-refractivity contribution in [2.45, 2.75) is 108 Å². The number of benzene rings is 9. The maximum absolute atomic E-state index is 2.70. The van der Waals surface area contributed by atoms with E-state index in [2.05, 4.69) is 248 Å². The molecule has 2 saturated carbocycles. The molecular weight excluding hydrogens is 891 g/mol. The molecule has 15 rings (SSSR count). The summed E-state index contributed by atoms with van der Waals surface area (Å²) >= 11 is 0. The summed E-state index contributed by atoms with van der Waals surface area (Å²) < 4.78 is 0. The van der Waals surface area contributed by atoms with Crippen molar-refractivity contribution in [1.29, 1.82) is 0 Å². The third-order valence-electron chi connectivity index (χ3n) is 19.5. The van der Waals surface area contributed by atoms with E-state index in [1.165, 1.54) is 148 Å². The molecule has 0 amide bonds. The Bertz CT molecular complexity index is 3820. The molecule has 0 aromatic heterocycles. The van der Waals surface area contributed by atoms with Crippen molar-refractivity contribution in [2.75, 3.05) is 4.90 Å². The topological polar surface area (TPSA) is 3.24 Å². The lowest BCUT2D eigenvalue weighted by molar-refractivity contribution is 0.327. The van der Waals surface area contributed by atoms with E-state index >= 15 is 0 Å². The monoisotopic (exact) mass is 956 g/mol. The van der Waals surface area contributed by atoms with E-state index in [9.17, 15) is 0 Å². The highest BCUT2D eigenvalue weighted by atomic mass is 15.1. The van der Waals surface area contributed by atoms with E-state index in [-0.39, 0.29) is 21.7 Å². The zero-order valence-corrected chi connectivity index (χ0v) is 44.3. The van der Waals surface area contributed by atoms with Crippen molar-refractivity contribution in [2.24, 2.45) is 11.8 Å². The molecule has 0 aliphatic heterocycles. The van der Waals surface area contributed by atoms with Crippen molar-refractivity contribution in [3.63, 3.8) is 0 Å². The molecule has 3 atom stereocenters. The summed E-state index contributed by atoms with van der Waals surface area (Å²) in [4.78, 5) is 2.70. The number of fused-ring (bicyclic) bond motifs is 21. The molecule has 2 fully saturated rings. The Kier molecular flexibility index (Phi) is 8.96. The first-order chi connectivity index (χ1) is 35.7. The van der Waals surface area contributed by atoms with Crippen LogP contribution in [0.2, 0.25) is 0 Å². The van der Waals surface area contributed by atoms with Crippen molar-refractivity contribution >= 4 is 17.1 Å². The quantitative estimate of drug-likeness (QED) is 0.170. The number of hydrogen-bond donors (Lipinski definition) is 0. The molecule has 362 valence electrons. The molecule has 2 bridgehead atoms. The van der Waals surface area contributed by atoms with Gasteiger partial charge in [-0.05, 0) is 166 Å². The molecule has 1 heteroatoms. The van der Waals surface area contributed by atoms with Gasteiger partial charge in [-0.15, -0.1) is 0 Å². The van der Waals surface area contributed by atoms with Crippen LogP contribution in [0.3, 0.4) is 0 Å². The van der Waals surface area contributed by atoms with E-state index in [4.69, 9.17) is 0 Å². The first-order valence-electron chi connectivity index (χ1n) is 27.6. The fourth-order valence-electron chi connectivity index (χ4n) is 16.2. The number of nitrogens with zero attached hydrogens (tertiary/aromatic N) is 1. The van der Waals surface area contributed by atoms with Gasteiger partial charge in [-0.2, -0.15) is 0 Å². The second kappa shape index (κ2) is 15.0. The smallest absolute Gasteiger partial charge is 0.0726 e. The molecule has 1 nitrogen and oxygen atoms in total. The lowest BCUT2D eigenvalue weighted by Gasteiger charge is -2.37. The summed E-state index contributed by atoms with van der Waals surface area (Å²) in [7, 11) is 0. The Morgan fingerprint density at radius 2 is 0.905 bits per heavy atom. The Labute approximate surface area is 439 Å². The average molecular weight is 956 g/mol.